The van der Waals surface area contributed by atoms with Gasteiger partial charge in [-0.3, -0.25) is 9.36 Å². The normalized spacial score (nSPS) is 10.9. The lowest BCUT2D eigenvalue weighted by molar-refractivity contribution is 0.0531. The van der Waals surface area contributed by atoms with Gasteiger partial charge in [0.15, 0.2) is 0 Å². The molecule has 0 bridgehead atoms. The van der Waals surface area contributed by atoms with E-state index in [4.69, 9.17) is 4.74 Å². The first-order chi connectivity index (χ1) is 11.0. The van der Waals surface area contributed by atoms with Gasteiger partial charge in [-0.15, -0.1) is 11.3 Å². The van der Waals surface area contributed by atoms with Crippen LogP contribution in [0, 0.1) is 6.92 Å². The van der Waals surface area contributed by atoms with E-state index in [0.29, 0.717) is 22.0 Å². The zero-order chi connectivity index (χ0) is 16.6. The minimum atomic E-state index is -0.379. The van der Waals surface area contributed by atoms with E-state index in [-0.39, 0.29) is 17.3 Å². The Kier molecular flexibility index (Phi) is 3.92. The molecule has 2 aromatic heterocycles. The first kappa shape index (κ1) is 15.3. The molecule has 3 rings (SSSR count). The van der Waals surface area contributed by atoms with Crippen LogP contribution in [0.1, 0.15) is 22.2 Å². The maximum absolute atomic E-state index is 12.3. The molecule has 0 unspecified atom stereocenters. The van der Waals surface area contributed by atoms with Crippen molar-refractivity contribution in [2.24, 2.45) is 0 Å². The predicted octanol–water partition coefficient (Wildman–Crippen LogP) is 3.24. The summed E-state index contributed by atoms with van der Waals surface area (Å²) >= 11 is 1.24. The lowest BCUT2D eigenvalue weighted by Gasteiger charge is -2.07. The number of nitrogens with zero attached hydrogens (tertiary/aromatic N) is 1. The smallest absolute Gasteiger partial charge is 0.348 e. The molecule has 0 saturated carbocycles. The number of carbonyl (C=O) groups excluding carboxylic acids is 1. The van der Waals surface area contributed by atoms with Gasteiger partial charge in [-0.2, -0.15) is 0 Å². The number of benzene rings is 1. The molecule has 2 heterocycles. The van der Waals surface area contributed by atoms with E-state index >= 15 is 0 Å². The summed E-state index contributed by atoms with van der Waals surface area (Å²) in [5.74, 6) is -0.251. The molecule has 23 heavy (non-hydrogen) atoms. The lowest BCUT2D eigenvalue weighted by atomic mass is 10.2. The fourth-order valence-electron chi connectivity index (χ4n) is 2.44. The van der Waals surface area contributed by atoms with Crippen molar-refractivity contribution in [3.05, 3.63) is 57.2 Å². The summed E-state index contributed by atoms with van der Waals surface area (Å²) in [6, 6.07) is 9.57. The first-order valence-corrected chi connectivity index (χ1v) is 7.96. The lowest BCUT2D eigenvalue weighted by Crippen LogP contribution is -2.16. The van der Waals surface area contributed by atoms with E-state index in [1.807, 2.05) is 6.92 Å². The summed E-state index contributed by atoms with van der Waals surface area (Å²) in [7, 11) is 0. The number of aromatic nitrogens is 1. The van der Waals surface area contributed by atoms with Crippen LogP contribution in [0.4, 0.5) is 0 Å². The first-order valence-electron chi connectivity index (χ1n) is 7.14. The highest BCUT2D eigenvalue weighted by molar-refractivity contribution is 7.20. The number of pyridine rings is 1. The van der Waals surface area contributed by atoms with Gasteiger partial charge in [0.25, 0.3) is 5.56 Å². The van der Waals surface area contributed by atoms with E-state index < -0.39 is 0 Å². The van der Waals surface area contributed by atoms with Crippen LogP contribution in [0.25, 0.3) is 15.9 Å². The van der Waals surface area contributed by atoms with Crippen molar-refractivity contribution in [2.45, 2.75) is 13.8 Å². The summed E-state index contributed by atoms with van der Waals surface area (Å²) < 4.78 is 6.62. The number of aromatic hydroxyl groups is 1. The maximum atomic E-state index is 12.3. The Labute approximate surface area is 136 Å². The number of aryl methyl sites for hydroxylation is 1. The Morgan fingerprint density at radius 1 is 1.22 bits per heavy atom. The van der Waals surface area contributed by atoms with Crippen LogP contribution < -0.4 is 5.56 Å². The summed E-state index contributed by atoms with van der Waals surface area (Å²) in [6.45, 7) is 3.90. The third-order valence-corrected chi connectivity index (χ3v) is 4.83. The van der Waals surface area contributed by atoms with Crippen molar-refractivity contribution in [3.8, 4) is 11.4 Å². The third-order valence-electron chi connectivity index (χ3n) is 3.56. The van der Waals surface area contributed by atoms with E-state index in [9.17, 15) is 14.7 Å². The number of hydrogen-bond donors (Lipinski definition) is 1. The molecule has 0 aliphatic carbocycles. The minimum Gasteiger partial charge on any atom is -0.508 e. The molecule has 1 aromatic carbocycles. The van der Waals surface area contributed by atoms with Gasteiger partial charge < -0.3 is 9.84 Å². The Bertz CT molecular complexity index is 938. The van der Waals surface area contributed by atoms with Gasteiger partial charge in [0.2, 0.25) is 0 Å². The van der Waals surface area contributed by atoms with Gasteiger partial charge in [0, 0.05) is 11.5 Å². The largest absolute Gasteiger partial charge is 0.508 e. The van der Waals surface area contributed by atoms with Crippen molar-refractivity contribution >= 4 is 27.5 Å². The molecule has 0 spiro atoms. The summed E-state index contributed by atoms with van der Waals surface area (Å²) in [4.78, 5) is 25.6. The standard InChI is InChI=1S/C17H15NO4S/c1-3-22-17(21)15-10(2)13-8-9-14(20)18(16(13)23-15)11-4-6-12(19)7-5-11/h4-9,19H,3H2,1-2H3. The van der Waals surface area contributed by atoms with E-state index in [2.05, 4.69) is 0 Å². The maximum Gasteiger partial charge on any atom is 0.348 e. The molecule has 118 valence electrons. The average molecular weight is 329 g/mol. The number of esters is 1. The number of phenolic OH excluding ortho intramolecular Hbond substituents is 1. The number of hydrogen-bond acceptors (Lipinski definition) is 5. The highest BCUT2D eigenvalue weighted by atomic mass is 32.1. The predicted molar refractivity (Wildman–Crippen MR) is 89.8 cm³/mol. The molecule has 0 aliphatic rings. The zero-order valence-electron chi connectivity index (χ0n) is 12.7. The Hall–Kier alpha value is -2.60. The molecule has 0 atom stereocenters. The molecule has 0 radical (unpaired) electrons. The number of rotatable bonds is 3. The van der Waals surface area contributed by atoms with Crippen molar-refractivity contribution in [1.82, 2.24) is 4.57 Å². The number of ether oxygens (including phenoxy) is 1. The quantitative estimate of drug-likeness (QED) is 0.749. The molecule has 0 fully saturated rings. The molecule has 5 nitrogen and oxygen atoms in total. The Balaban J connectivity index is 2.28. The van der Waals surface area contributed by atoms with Crippen molar-refractivity contribution < 1.29 is 14.6 Å². The molecular formula is C17H15NO4S. The second-order valence-corrected chi connectivity index (χ2v) is 6.02. The minimum absolute atomic E-state index is 0.128. The van der Waals surface area contributed by atoms with E-state index in [1.165, 1.54) is 34.1 Å². The molecule has 0 aliphatic heterocycles. The van der Waals surface area contributed by atoms with Crippen LogP contribution >= 0.6 is 11.3 Å². The fraction of sp³-hybridized carbons (Fsp3) is 0.176. The van der Waals surface area contributed by atoms with Crippen molar-refractivity contribution in [2.75, 3.05) is 6.61 Å². The van der Waals surface area contributed by atoms with Crippen LogP contribution in [0.3, 0.4) is 0 Å². The van der Waals surface area contributed by atoms with Crippen LogP contribution in [0.15, 0.2) is 41.2 Å². The van der Waals surface area contributed by atoms with Gasteiger partial charge >= 0.3 is 5.97 Å². The molecule has 3 aromatic rings. The molecule has 1 N–H and O–H groups in total. The van der Waals surface area contributed by atoms with Crippen molar-refractivity contribution in [3.63, 3.8) is 0 Å². The Morgan fingerprint density at radius 3 is 2.57 bits per heavy atom. The van der Waals surface area contributed by atoms with Crippen LogP contribution in [0.2, 0.25) is 0 Å². The summed E-state index contributed by atoms with van der Waals surface area (Å²) in [5, 5.41) is 10.3. The van der Waals surface area contributed by atoms with Gasteiger partial charge in [-0.25, -0.2) is 4.79 Å². The van der Waals surface area contributed by atoms with Gasteiger partial charge in [-0.1, -0.05) is 0 Å². The number of thiophene rings is 1. The Morgan fingerprint density at radius 2 is 1.91 bits per heavy atom. The monoisotopic (exact) mass is 329 g/mol. The van der Waals surface area contributed by atoms with Crippen molar-refractivity contribution in [1.29, 1.82) is 0 Å². The van der Waals surface area contributed by atoms with Crippen LogP contribution in [-0.4, -0.2) is 22.2 Å². The molecule has 0 amide bonds. The third kappa shape index (κ3) is 2.61. The highest BCUT2D eigenvalue weighted by Crippen LogP contribution is 2.32. The molecular weight excluding hydrogens is 314 g/mol. The zero-order valence-corrected chi connectivity index (χ0v) is 13.5. The highest BCUT2D eigenvalue weighted by Gasteiger charge is 2.19. The van der Waals surface area contributed by atoms with Gasteiger partial charge in [-0.05, 0) is 49.7 Å². The topological polar surface area (TPSA) is 68.5 Å². The number of carbonyl (C=O) groups is 1. The van der Waals surface area contributed by atoms with E-state index in [1.54, 1.807) is 25.1 Å². The van der Waals surface area contributed by atoms with Crippen LogP contribution in [0.5, 0.6) is 5.75 Å². The second kappa shape index (κ2) is 5.89. The fourth-order valence-corrected chi connectivity index (χ4v) is 3.66. The molecule has 6 heteroatoms. The SMILES string of the molecule is CCOC(=O)c1sc2c(ccc(=O)n2-c2ccc(O)cc2)c1C. The number of phenols is 1. The average Bonchev–Trinajstić information content (AvgIpc) is 2.86. The second-order valence-electron chi connectivity index (χ2n) is 5.02. The summed E-state index contributed by atoms with van der Waals surface area (Å²) in [6.07, 6.45) is 0. The van der Waals surface area contributed by atoms with Gasteiger partial charge in [0.1, 0.15) is 15.5 Å². The summed E-state index contributed by atoms with van der Waals surface area (Å²) in [5.41, 5.74) is 1.24. The van der Waals surface area contributed by atoms with Gasteiger partial charge in [0.05, 0.1) is 12.3 Å². The number of fused-ring (bicyclic) bond motifs is 1. The van der Waals surface area contributed by atoms with Crippen LogP contribution in [-0.2, 0) is 4.74 Å². The molecule has 0 saturated heterocycles. The van der Waals surface area contributed by atoms with E-state index in [0.717, 1.165) is 10.9 Å².